The average Bonchev–Trinajstić information content (AvgIpc) is 2.77. The SMILES string of the molecule is O=C(O)C(Cc1ccc(F)cc1)Cc1sccc1Cl. The van der Waals surface area contributed by atoms with Crippen molar-refractivity contribution >= 4 is 28.9 Å². The first kappa shape index (κ1) is 14.0. The van der Waals surface area contributed by atoms with Crippen molar-refractivity contribution in [2.45, 2.75) is 12.8 Å². The Hall–Kier alpha value is -1.39. The van der Waals surface area contributed by atoms with E-state index in [1.165, 1.54) is 23.5 Å². The first-order valence-electron chi connectivity index (χ1n) is 5.75. The number of rotatable bonds is 5. The molecule has 2 nitrogen and oxygen atoms in total. The average molecular weight is 299 g/mol. The molecule has 0 aliphatic heterocycles. The summed E-state index contributed by atoms with van der Waals surface area (Å²) in [5.41, 5.74) is 0.807. The molecular formula is C14H12ClFO2S. The van der Waals surface area contributed by atoms with Gasteiger partial charge in [0.15, 0.2) is 0 Å². The summed E-state index contributed by atoms with van der Waals surface area (Å²) in [6, 6.07) is 7.67. The summed E-state index contributed by atoms with van der Waals surface area (Å²) in [6.07, 6.45) is 0.757. The third-order valence-electron chi connectivity index (χ3n) is 2.87. The van der Waals surface area contributed by atoms with Crippen molar-refractivity contribution in [2.75, 3.05) is 0 Å². The van der Waals surface area contributed by atoms with Gasteiger partial charge in [-0.1, -0.05) is 23.7 Å². The fraction of sp³-hybridized carbons (Fsp3) is 0.214. The zero-order valence-electron chi connectivity index (χ0n) is 9.98. The summed E-state index contributed by atoms with van der Waals surface area (Å²) < 4.78 is 12.8. The van der Waals surface area contributed by atoms with Crippen molar-refractivity contribution in [1.29, 1.82) is 0 Å². The topological polar surface area (TPSA) is 37.3 Å². The molecule has 0 amide bonds. The molecule has 0 fully saturated rings. The highest BCUT2D eigenvalue weighted by atomic mass is 35.5. The third-order valence-corrected chi connectivity index (χ3v) is 4.28. The van der Waals surface area contributed by atoms with Crippen molar-refractivity contribution in [3.05, 3.63) is 57.0 Å². The van der Waals surface area contributed by atoms with Crippen molar-refractivity contribution in [1.82, 2.24) is 0 Å². The number of aliphatic carboxylic acids is 1. The van der Waals surface area contributed by atoms with Gasteiger partial charge in [0.1, 0.15) is 5.82 Å². The van der Waals surface area contributed by atoms with Crippen LogP contribution >= 0.6 is 22.9 Å². The van der Waals surface area contributed by atoms with Crippen molar-refractivity contribution in [3.63, 3.8) is 0 Å². The first-order chi connectivity index (χ1) is 9.06. The number of hydrogen-bond acceptors (Lipinski definition) is 2. The minimum absolute atomic E-state index is 0.322. The molecule has 1 aromatic heterocycles. The van der Waals surface area contributed by atoms with E-state index in [-0.39, 0.29) is 5.82 Å². The van der Waals surface area contributed by atoms with E-state index in [4.69, 9.17) is 11.6 Å². The Morgan fingerprint density at radius 3 is 2.47 bits per heavy atom. The maximum atomic E-state index is 12.8. The molecule has 19 heavy (non-hydrogen) atoms. The van der Waals surface area contributed by atoms with Crippen LogP contribution in [0.5, 0.6) is 0 Å². The van der Waals surface area contributed by atoms with Crippen LogP contribution in [-0.2, 0) is 17.6 Å². The summed E-state index contributed by atoms with van der Waals surface area (Å²) in [5, 5.41) is 11.7. The van der Waals surface area contributed by atoms with Crippen LogP contribution in [0.2, 0.25) is 5.02 Å². The fourth-order valence-electron chi connectivity index (χ4n) is 1.85. The van der Waals surface area contributed by atoms with Gasteiger partial charge in [-0.05, 0) is 42.0 Å². The quantitative estimate of drug-likeness (QED) is 0.905. The summed E-state index contributed by atoms with van der Waals surface area (Å²) in [4.78, 5) is 12.2. The minimum Gasteiger partial charge on any atom is -0.481 e. The molecule has 2 rings (SSSR count). The first-order valence-corrected chi connectivity index (χ1v) is 7.01. The summed E-state index contributed by atoms with van der Waals surface area (Å²) in [6.45, 7) is 0. The van der Waals surface area contributed by atoms with E-state index in [1.807, 2.05) is 5.38 Å². The van der Waals surface area contributed by atoms with E-state index in [9.17, 15) is 14.3 Å². The molecule has 1 N–H and O–H groups in total. The summed E-state index contributed by atoms with van der Waals surface area (Å²) in [5.74, 6) is -1.74. The lowest BCUT2D eigenvalue weighted by Crippen LogP contribution is -2.18. The molecule has 0 saturated heterocycles. The number of carboxylic acid groups (broad SMARTS) is 1. The van der Waals surface area contributed by atoms with E-state index in [0.717, 1.165) is 10.4 Å². The van der Waals surface area contributed by atoms with E-state index >= 15 is 0 Å². The summed E-state index contributed by atoms with van der Waals surface area (Å²) in [7, 11) is 0. The van der Waals surface area contributed by atoms with Gasteiger partial charge in [0.25, 0.3) is 0 Å². The zero-order chi connectivity index (χ0) is 13.8. The Labute approximate surface area is 119 Å². The number of thiophene rings is 1. The molecule has 0 aliphatic rings. The molecule has 0 spiro atoms. The van der Waals surface area contributed by atoms with Gasteiger partial charge in [-0.15, -0.1) is 11.3 Å². The van der Waals surface area contributed by atoms with Crippen molar-refractivity contribution in [2.24, 2.45) is 5.92 Å². The molecule has 1 aromatic carbocycles. The van der Waals surface area contributed by atoms with Gasteiger partial charge < -0.3 is 5.11 Å². The maximum Gasteiger partial charge on any atom is 0.307 e. The van der Waals surface area contributed by atoms with Crippen molar-refractivity contribution < 1.29 is 14.3 Å². The van der Waals surface area contributed by atoms with E-state index in [1.54, 1.807) is 18.2 Å². The predicted molar refractivity (Wildman–Crippen MR) is 74.3 cm³/mol. The molecule has 0 bridgehead atoms. The predicted octanol–water partition coefficient (Wildman–Crippen LogP) is 4.03. The third kappa shape index (κ3) is 3.78. The lowest BCUT2D eigenvalue weighted by atomic mass is 9.95. The number of hydrogen-bond donors (Lipinski definition) is 1. The molecular weight excluding hydrogens is 287 g/mol. The highest BCUT2D eigenvalue weighted by Crippen LogP contribution is 2.26. The van der Waals surface area contributed by atoms with Gasteiger partial charge in [-0.2, -0.15) is 0 Å². The Balaban J connectivity index is 2.10. The summed E-state index contributed by atoms with van der Waals surface area (Å²) >= 11 is 7.43. The van der Waals surface area contributed by atoms with Crippen LogP contribution in [0.4, 0.5) is 4.39 Å². The molecule has 1 atom stereocenters. The molecule has 2 aromatic rings. The van der Waals surface area contributed by atoms with Crippen LogP contribution in [0.15, 0.2) is 35.7 Å². The lowest BCUT2D eigenvalue weighted by molar-refractivity contribution is -0.141. The Kier molecular flexibility index (Phi) is 4.56. The number of halogens is 2. The van der Waals surface area contributed by atoms with Crippen LogP contribution < -0.4 is 0 Å². The lowest BCUT2D eigenvalue weighted by Gasteiger charge is -2.11. The second-order valence-electron chi connectivity index (χ2n) is 4.26. The fourth-order valence-corrected chi connectivity index (χ4v) is 3.04. The van der Waals surface area contributed by atoms with Gasteiger partial charge in [0.2, 0.25) is 0 Å². The van der Waals surface area contributed by atoms with E-state index in [0.29, 0.717) is 17.9 Å². The molecule has 100 valence electrons. The van der Waals surface area contributed by atoms with Gasteiger partial charge in [0.05, 0.1) is 10.9 Å². The van der Waals surface area contributed by atoms with E-state index < -0.39 is 11.9 Å². The normalized spacial score (nSPS) is 12.3. The van der Waals surface area contributed by atoms with Gasteiger partial charge >= 0.3 is 5.97 Å². The van der Waals surface area contributed by atoms with Gasteiger partial charge in [-0.3, -0.25) is 4.79 Å². The van der Waals surface area contributed by atoms with Gasteiger partial charge in [0, 0.05) is 4.88 Å². The second-order valence-corrected chi connectivity index (χ2v) is 5.67. The standard InChI is InChI=1S/C14H12ClFO2S/c15-12-5-6-19-13(12)8-10(14(17)18)7-9-1-3-11(16)4-2-9/h1-6,10H,7-8H2,(H,17,18). The highest BCUT2D eigenvalue weighted by Gasteiger charge is 2.20. The minimum atomic E-state index is -0.867. The molecule has 5 heteroatoms. The molecule has 0 saturated carbocycles. The smallest absolute Gasteiger partial charge is 0.307 e. The monoisotopic (exact) mass is 298 g/mol. The Morgan fingerprint density at radius 1 is 1.26 bits per heavy atom. The highest BCUT2D eigenvalue weighted by molar-refractivity contribution is 7.10. The zero-order valence-corrected chi connectivity index (χ0v) is 11.5. The van der Waals surface area contributed by atoms with Crippen LogP contribution in [-0.4, -0.2) is 11.1 Å². The van der Waals surface area contributed by atoms with Crippen LogP contribution in [0.25, 0.3) is 0 Å². The van der Waals surface area contributed by atoms with Gasteiger partial charge in [-0.25, -0.2) is 4.39 Å². The van der Waals surface area contributed by atoms with Crippen LogP contribution in [0.3, 0.4) is 0 Å². The molecule has 1 heterocycles. The number of carbonyl (C=O) groups is 1. The maximum absolute atomic E-state index is 12.8. The van der Waals surface area contributed by atoms with Crippen molar-refractivity contribution in [3.8, 4) is 0 Å². The van der Waals surface area contributed by atoms with E-state index in [2.05, 4.69) is 0 Å². The van der Waals surface area contributed by atoms with Crippen LogP contribution in [0.1, 0.15) is 10.4 Å². The second kappa shape index (κ2) is 6.17. The largest absolute Gasteiger partial charge is 0.481 e. The Morgan fingerprint density at radius 2 is 1.95 bits per heavy atom. The van der Waals surface area contributed by atoms with Crippen LogP contribution in [0, 0.1) is 11.7 Å². The molecule has 0 radical (unpaired) electrons. The molecule has 1 unspecified atom stereocenters. The molecule has 0 aliphatic carbocycles. The number of carboxylic acids is 1. The number of benzene rings is 1. The Bertz CT molecular complexity index is 565.